The predicted octanol–water partition coefficient (Wildman–Crippen LogP) is 3.99. The number of hydrogen-bond acceptors (Lipinski definition) is 3. The maximum absolute atomic E-state index is 6.57. The molecule has 0 aromatic heterocycles. The van der Waals surface area contributed by atoms with Gasteiger partial charge in [0.1, 0.15) is 11.4 Å². The Balaban J connectivity index is 1.53. The first-order chi connectivity index (χ1) is 12.4. The Bertz CT molecular complexity index is 792. The Kier molecular flexibility index (Phi) is 4.23. The van der Waals surface area contributed by atoms with Crippen LogP contribution in [0.1, 0.15) is 40.3 Å². The first-order valence-corrected chi connectivity index (χ1v) is 9.74. The molecule has 3 heteroatoms. The van der Waals surface area contributed by atoms with Crippen molar-refractivity contribution in [2.75, 3.05) is 25.4 Å². The molecule has 0 radical (unpaired) electrons. The van der Waals surface area contributed by atoms with E-state index in [0.717, 1.165) is 55.9 Å². The fraction of sp³-hybridized carbons (Fsp3) is 0.478. The molecule has 0 spiro atoms. The van der Waals surface area contributed by atoms with E-state index in [0.29, 0.717) is 0 Å². The molecule has 0 saturated heterocycles. The molecule has 0 amide bonds. The molecule has 0 aliphatic carbocycles. The van der Waals surface area contributed by atoms with E-state index in [9.17, 15) is 0 Å². The first kappa shape index (κ1) is 17.4. The number of rotatable bonds is 2. The highest BCUT2D eigenvalue weighted by Gasteiger charge is 2.39. The molecule has 2 N–H and O–H groups in total. The Labute approximate surface area is 157 Å². The molecule has 4 rings (SSSR count). The van der Waals surface area contributed by atoms with Gasteiger partial charge in [0.05, 0.1) is 0 Å². The summed E-state index contributed by atoms with van der Waals surface area (Å²) in [5.74, 6) is 1.08. The van der Waals surface area contributed by atoms with Gasteiger partial charge >= 0.3 is 0 Å². The van der Waals surface area contributed by atoms with Gasteiger partial charge in [0.2, 0.25) is 0 Å². The largest absolute Gasteiger partial charge is 0.485 e. The van der Waals surface area contributed by atoms with Crippen LogP contribution in [0.4, 0.5) is 5.69 Å². The molecule has 0 bridgehead atoms. The van der Waals surface area contributed by atoms with Crippen LogP contribution in [0.2, 0.25) is 0 Å². The fourth-order valence-electron chi connectivity index (χ4n) is 4.65. The lowest BCUT2D eigenvalue weighted by Gasteiger charge is -2.31. The van der Waals surface area contributed by atoms with Crippen molar-refractivity contribution in [1.29, 1.82) is 0 Å². The van der Waals surface area contributed by atoms with Crippen molar-refractivity contribution in [3.05, 3.63) is 57.6 Å². The minimum absolute atomic E-state index is 0.172. The summed E-state index contributed by atoms with van der Waals surface area (Å²) in [7, 11) is 0. The van der Waals surface area contributed by atoms with Gasteiger partial charge in [0.25, 0.3) is 0 Å². The summed E-state index contributed by atoms with van der Waals surface area (Å²) in [6, 6.07) is 8.87. The van der Waals surface area contributed by atoms with Crippen LogP contribution < -0.4 is 10.5 Å². The first-order valence-electron chi connectivity index (χ1n) is 9.74. The van der Waals surface area contributed by atoms with E-state index >= 15 is 0 Å². The summed E-state index contributed by atoms with van der Waals surface area (Å²) in [4.78, 5) is 2.58. The molecule has 0 saturated carbocycles. The number of nitrogen functional groups attached to an aromatic ring is 1. The van der Waals surface area contributed by atoms with E-state index in [-0.39, 0.29) is 5.60 Å². The average molecular weight is 351 g/mol. The van der Waals surface area contributed by atoms with Crippen molar-refractivity contribution in [3.63, 3.8) is 0 Å². The molecule has 0 fully saturated rings. The van der Waals surface area contributed by atoms with E-state index < -0.39 is 0 Å². The highest BCUT2D eigenvalue weighted by molar-refractivity contribution is 5.66. The van der Waals surface area contributed by atoms with E-state index in [1.54, 1.807) is 0 Å². The summed E-state index contributed by atoms with van der Waals surface area (Å²) in [6.45, 7) is 11.8. The number of hydrogen-bond donors (Lipinski definition) is 1. The van der Waals surface area contributed by atoms with Crippen LogP contribution in [0.3, 0.4) is 0 Å². The maximum Gasteiger partial charge on any atom is 0.127 e. The lowest BCUT2D eigenvalue weighted by molar-refractivity contribution is 0.0644. The smallest absolute Gasteiger partial charge is 0.127 e. The second-order valence-corrected chi connectivity index (χ2v) is 8.37. The minimum Gasteiger partial charge on any atom is -0.485 e. The van der Waals surface area contributed by atoms with E-state index in [1.165, 1.54) is 27.8 Å². The Hall–Kier alpha value is -2.00. The minimum atomic E-state index is -0.172. The molecule has 138 valence electrons. The van der Waals surface area contributed by atoms with Crippen molar-refractivity contribution in [1.82, 2.24) is 4.90 Å². The van der Waals surface area contributed by atoms with Crippen LogP contribution in [-0.4, -0.2) is 30.1 Å². The van der Waals surface area contributed by atoms with Gasteiger partial charge in [-0.1, -0.05) is 24.3 Å². The van der Waals surface area contributed by atoms with Crippen LogP contribution in [-0.2, 0) is 19.3 Å². The second kappa shape index (κ2) is 6.31. The third kappa shape index (κ3) is 2.88. The summed E-state index contributed by atoms with van der Waals surface area (Å²) >= 11 is 0. The molecular weight excluding hydrogens is 320 g/mol. The summed E-state index contributed by atoms with van der Waals surface area (Å²) in [5, 5.41) is 0. The quantitative estimate of drug-likeness (QED) is 0.833. The van der Waals surface area contributed by atoms with Crippen molar-refractivity contribution < 1.29 is 4.74 Å². The monoisotopic (exact) mass is 350 g/mol. The number of ether oxygens (including phenoxy) is 1. The lowest BCUT2D eigenvalue weighted by atomic mass is 9.91. The van der Waals surface area contributed by atoms with Gasteiger partial charge in [0, 0.05) is 37.3 Å². The second-order valence-electron chi connectivity index (χ2n) is 8.37. The molecule has 2 aliphatic rings. The van der Waals surface area contributed by atoms with Crippen LogP contribution in [0.5, 0.6) is 5.75 Å². The predicted molar refractivity (Wildman–Crippen MR) is 108 cm³/mol. The standard InChI is InChI=1S/C23H30N2O/c1-15-16(2)22-20(17(3)21(15)24)13-23(4,26-22)14-25-11-9-18-7-5-6-8-19(18)10-12-25/h5-8H,9-14,24H2,1-4H3. The Morgan fingerprint density at radius 3 is 2.23 bits per heavy atom. The van der Waals surface area contributed by atoms with E-state index in [4.69, 9.17) is 10.5 Å². The molecule has 2 aliphatic heterocycles. The topological polar surface area (TPSA) is 38.5 Å². The number of benzene rings is 2. The van der Waals surface area contributed by atoms with Crippen LogP contribution in [0, 0.1) is 20.8 Å². The van der Waals surface area contributed by atoms with Crippen LogP contribution in [0.15, 0.2) is 24.3 Å². The maximum atomic E-state index is 6.57. The van der Waals surface area contributed by atoms with Crippen LogP contribution >= 0.6 is 0 Å². The number of anilines is 1. The van der Waals surface area contributed by atoms with Gasteiger partial charge in [-0.25, -0.2) is 0 Å². The van der Waals surface area contributed by atoms with Crippen molar-refractivity contribution in [2.45, 2.75) is 52.6 Å². The van der Waals surface area contributed by atoms with Gasteiger partial charge in [-0.15, -0.1) is 0 Å². The average Bonchev–Trinajstić information content (AvgIpc) is 2.85. The Morgan fingerprint density at radius 2 is 1.62 bits per heavy atom. The molecule has 1 atom stereocenters. The zero-order chi connectivity index (χ0) is 18.5. The number of nitrogens with two attached hydrogens (primary N) is 1. The summed E-state index contributed by atoms with van der Waals surface area (Å²) < 4.78 is 6.57. The Morgan fingerprint density at radius 1 is 1.00 bits per heavy atom. The van der Waals surface area contributed by atoms with Gasteiger partial charge in [0.15, 0.2) is 0 Å². The molecular formula is C23H30N2O. The van der Waals surface area contributed by atoms with Gasteiger partial charge in [-0.05, 0) is 68.4 Å². The van der Waals surface area contributed by atoms with E-state index in [2.05, 4.69) is 56.9 Å². The van der Waals surface area contributed by atoms with Crippen LogP contribution in [0.25, 0.3) is 0 Å². The highest BCUT2D eigenvalue weighted by atomic mass is 16.5. The SMILES string of the molecule is Cc1c(C)c2c(c(C)c1N)CC(C)(CN1CCc3ccccc3CC1)O2. The molecule has 26 heavy (non-hydrogen) atoms. The van der Waals surface area contributed by atoms with Gasteiger partial charge in [-0.2, -0.15) is 0 Å². The third-order valence-electron chi connectivity index (χ3n) is 6.41. The fourth-order valence-corrected chi connectivity index (χ4v) is 4.65. The van der Waals surface area contributed by atoms with Crippen molar-refractivity contribution >= 4 is 5.69 Å². The van der Waals surface area contributed by atoms with Gasteiger partial charge < -0.3 is 10.5 Å². The van der Waals surface area contributed by atoms with Crippen molar-refractivity contribution in [2.24, 2.45) is 0 Å². The molecule has 3 nitrogen and oxygen atoms in total. The zero-order valence-corrected chi connectivity index (χ0v) is 16.5. The third-order valence-corrected chi connectivity index (χ3v) is 6.41. The van der Waals surface area contributed by atoms with Gasteiger partial charge in [-0.3, -0.25) is 4.90 Å². The van der Waals surface area contributed by atoms with Crippen molar-refractivity contribution in [3.8, 4) is 5.75 Å². The number of nitrogens with zero attached hydrogens (tertiary/aromatic N) is 1. The van der Waals surface area contributed by atoms with E-state index in [1.807, 2.05) is 0 Å². The summed E-state index contributed by atoms with van der Waals surface area (Å²) in [5.41, 5.74) is 15.0. The number of fused-ring (bicyclic) bond motifs is 2. The lowest BCUT2D eigenvalue weighted by Crippen LogP contribution is -2.45. The molecule has 2 heterocycles. The zero-order valence-electron chi connectivity index (χ0n) is 16.5. The molecule has 2 aromatic rings. The molecule has 1 unspecified atom stereocenters. The summed E-state index contributed by atoms with van der Waals surface area (Å²) in [6.07, 6.45) is 3.20. The normalized spacial score (nSPS) is 22.5. The molecule has 2 aromatic carbocycles. The highest BCUT2D eigenvalue weighted by Crippen LogP contribution is 2.44.